The lowest BCUT2D eigenvalue weighted by molar-refractivity contribution is 0.326. The molecular weight excluding hydrogens is 162 g/mol. The molecule has 1 fully saturated rings. The van der Waals surface area contributed by atoms with Crippen LogP contribution in [-0.2, 0) is 0 Å². The van der Waals surface area contributed by atoms with Crippen LogP contribution < -0.4 is 5.32 Å². The van der Waals surface area contributed by atoms with E-state index >= 15 is 0 Å². The predicted molar refractivity (Wildman–Crippen MR) is 53.3 cm³/mol. The molecule has 0 aliphatic carbocycles. The fourth-order valence-corrected chi connectivity index (χ4v) is 1.73. The Morgan fingerprint density at radius 3 is 2.85 bits per heavy atom. The number of nitriles is 1. The van der Waals surface area contributed by atoms with Crippen molar-refractivity contribution in [3.63, 3.8) is 0 Å². The number of likely N-dealkylation sites (tertiary alicyclic amines) is 1. The molecule has 0 amide bonds. The number of likely N-dealkylation sites (N-methyl/N-ethyl adjacent to an activating group) is 1. The molecule has 0 radical (unpaired) electrons. The minimum absolute atomic E-state index is 0.126. The van der Waals surface area contributed by atoms with E-state index < -0.39 is 0 Å². The number of nitrogens with one attached hydrogen (secondary N) is 1. The maximum atomic E-state index is 8.61. The molecule has 74 valence electrons. The molecule has 3 atom stereocenters. The monoisotopic (exact) mass is 181 g/mol. The van der Waals surface area contributed by atoms with Gasteiger partial charge in [0.05, 0.1) is 12.0 Å². The molecule has 0 aromatic rings. The predicted octanol–water partition coefficient (Wildman–Crippen LogP) is 0.828. The van der Waals surface area contributed by atoms with E-state index in [2.05, 4.69) is 30.3 Å². The Labute approximate surface area is 80.7 Å². The molecule has 1 aliphatic rings. The maximum absolute atomic E-state index is 8.61. The highest BCUT2D eigenvalue weighted by Crippen LogP contribution is 2.14. The van der Waals surface area contributed by atoms with E-state index in [0.717, 1.165) is 13.1 Å². The molecule has 1 N–H and O–H groups in total. The number of hydrogen-bond acceptors (Lipinski definition) is 3. The van der Waals surface area contributed by atoms with Crippen LogP contribution in [0.2, 0.25) is 0 Å². The van der Waals surface area contributed by atoms with Crippen LogP contribution in [0.5, 0.6) is 0 Å². The lowest BCUT2D eigenvalue weighted by atomic mass is 10.1. The number of rotatable bonds is 3. The Kier molecular flexibility index (Phi) is 3.71. The normalized spacial score (nSPS) is 31.5. The van der Waals surface area contributed by atoms with Gasteiger partial charge in [0.2, 0.25) is 0 Å². The maximum Gasteiger partial charge on any atom is 0.0666 e. The molecule has 0 aromatic carbocycles. The van der Waals surface area contributed by atoms with Crippen molar-refractivity contribution in [3.8, 4) is 6.07 Å². The Bertz CT molecular complexity index is 187. The minimum Gasteiger partial charge on any atom is -0.311 e. The number of hydrogen-bond donors (Lipinski definition) is 1. The van der Waals surface area contributed by atoms with Gasteiger partial charge >= 0.3 is 0 Å². The molecular formula is C10H19N3. The average Bonchev–Trinajstić information content (AvgIpc) is 2.42. The summed E-state index contributed by atoms with van der Waals surface area (Å²) in [6.45, 7) is 6.13. The average molecular weight is 181 g/mol. The van der Waals surface area contributed by atoms with Gasteiger partial charge in [-0.05, 0) is 27.3 Å². The van der Waals surface area contributed by atoms with Gasteiger partial charge in [-0.25, -0.2) is 0 Å². The first-order chi connectivity index (χ1) is 6.13. The summed E-state index contributed by atoms with van der Waals surface area (Å²) >= 11 is 0. The second-order valence-corrected chi connectivity index (χ2v) is 4.16. The zero-order valence-corrected chi connectivity index (χ0v) is 8.75. The lowest BCUT2D eigenvalue weighted by Gasteiger charge is -2.13. The van der Waals surface area contributed by atoms with Gasteiger partial charge in [-0.3, -0.25) is 0 Å². The summed E-state index contributed by atoms with van der Waals surface area (Å²) in [7, 11) is 2.15. The molecule has 0 bridgehead atoms. The molecule has 13 heavy (non-hydrogen) atoms. The first kappa shape index (κ1) is 10.5. The summed E-state index contributed by atoms with van der Waals surface area (Å²) in [5.41, 5.74) is 0. The third-order valence-corrected chi connectivity index (χ3v) is 2.82. The van der Waals surface area contributed by atoms with Crippen molar-refractivity contribution in [2.45, 2.75) is 32.4 Å². The van der Waals surface area contributed by atoms with Crippen LogP contribution in [0, 0.1) is 17.2 Å². The molecule has 1 rings (SSSR count). The summed E-state index contributed by atoms with van der Waals surface area (Å²) in [5, 5.41) is 12.0. The lowest BCUT2D eigenvalue weighted by Crippen LogP contribution is -2.34. The van der Waals surface area contributed by atoms with Gasteiger partial charge in [0, 0.05) is 25.2 Å². The molecule has 0 spiro atoms. The summed E-state index contributed by atoms with van der Waals surface area (Å²) in [6, 6.07) is 3.49. The molecule has 3 heteroatoms. The van der Waals surface area contributed by atoms with Crippen molar-refractivity contribution in [1.29, 1.82) is 5.26 Å². The Morgan fingerprint density at radius 2 is 2.38 bits per heavy atom. The van der Waals surface area contributed by atoms with E-state index in [1.807, 2.05) is 6.92 Å². The van der Waals surface area contributed by atoms with E-state index in [1.165, 1.54) is 6.42 Å². The standard InChI is InChI=1S/C10H19N3/c1-8(5-11)6-12-10-4-9(2)13(3)7-10/h8-10,12H,4,6-7H2,1-3H3. The van der Waals surface area contributed by atoms with E-state index in [-0.39, 0.29) is 5.92 Å². The molecule has 1 heterocycles. The van der Waals surface area contributed by atoms with Gasteiger partial charge < -0.3 is 10.2 Å². The summed E-state index contributed by atoms with van der Waals surface area (Å²) in [4.78, 5) is 2.36. The van der Waals surface area contributed by atoms with Gasteiger partial charge in [0.1, 0.15) is 0 Å². The van der Waals surface area contributed by atoms with E-state index in [9.17, 15) is 0 Å². The zero-order valence-electron chi connectivity index (χ0n) is 8.75. The SMILES string of the molecule is CC(C#N)CNC1CC(C)N(C)C1. The fourth-order valence-electron chi connectivity index (χ4n) is 1.73. The van der Waals surface area contributed by atoms with E-state index in [0.29, 0.717) is 12.1 Å². The van der Waals surface area contributed by atoms with Crippen LogP contribution in [0.4, 0.5) is 0 Å². The first-order valence-electron chi connectivity index (χ1n) is 4.96. The van der Waals surface area contributed by atoms with E-state index in [1.54, 1.807) is 0 Å². The zero-order chi connectivity index (χ0) is 9.84. The highest BCUT2D eigenvalue weighted by Gasteiger charge is 2.25. The van der Waals surface area contributed by atoms with Crippen LogP contribution in [0.3, 0.4) is 0 Å². The van der Waals surface area contributed by atoms with Gasteiger partial charge in [0.25, 0.3) is 0 Å². The third-order valence-electron chi connectivity index (χ3n) is 2.82. The fraction of sp³-hybridized carbons (Fsp3) is 0.900. The molecule has 0 saturated carbocycles. The number of nitrogens with zero attached hydrogens (tertiary/aromatic N) is 2. The smallest absolute Gasteiger partial charge is 0.0666 e. The molecule has 1 aliphatic heterocycles. The van der Waals surface area contributed by atoms with Gasteiger partial charge in [-0.2, -0.15) is 5.26 Å². The Hall–Kier alpha value is -0.590. The van der Waals surface area contributed by atoms with Crippen LogP contribution in [0.15, 0.2) is 0 Å². The summed E-state index contributed by atoms with van der Waals surface area (Å²) < 4.78 is 0. The quantitative estimate of drug-likeness (QED) is 0.701. The molecule has 3 unspecified atom stereocenters. The second kappa shape index (κ2) is 4.59. The summed E-state index contributed by atoms with van der Waals surface area (Å²) in [6.07, 6.45) is 1.20. The molecule has 3 nitrogen and oxygen atoms in total. The van der Waals surface area contributed by atoms with Crippen molar-refractivity contribution in [2.75, 3.05) is 20.1 Å². The van der Waals surface area contributed by atoms with Crippen LogP contribution >= 0.6 is 0 Å². The van der Waals surface area contributed by atoms with Crippen molar-refractivity contribution in [3.05, 3.63) is 0 Å². The molecule has 0 aromatic heterocycles. The van der Waals surface area contributed by atoms with Crippen molar-refractivity contribution in [2.24, 2.45) is 5.92 Å². The van der Waals surface area contributed by atoms with Crippen LogP contribution in [-0.4, -0.2) is 37.1 Å². The van der Waals surface area contributed by atoms with Crippen LogP contribution in [0.25, 0.3) is 0 Å². The van der Waals surface area contributed by atoms with Gasteiger partial charge in [-0.1, -0.05) is 0 Å². The van der Waals surface area contributed by atoms with Gasteiger partial charge in [-0.15, -0.1) is 0 Å². The third kappa shape index (κ3) is 2.98. The van der Waals surface area contributed by atoms with Crippen LogP contribution in [0.1, 0.15) is 20.3 Å². The highest BCUT2D eigenvalue weighted by molar-refractivity contribution is 4.87. The van der Waals surface area contributed by atoms with Crippen molar-refractivity contribution >= 4 is 0 Å². The first-order valence-corrected chi connectivity index (χ1v) is 4.96. The minimum atomic E-state index is 0.126. The second-order valence-electron chi connectivity index (χ2n) is 4.16. The topological polar surface area (TPSA) is 39.1 Å². The van der Waals surface area contributed by atoms with Crippen molar-refractivity contribution in [1.82, 2.24) is 10.2 Å². The summed E-state index contributed by atoms with van der Waals surface area (Å²) in [5.74, 6) is 0.126. The van der Waals surface area contributed by atoms with Gasteiger partial charge in [0.15, 0.2) is 0 Å². The Morgan fingerprint density at radius 1 is 1.69 bits per heavy atom. The molecule has 1 saturated heterocycles. The Balaban J connectivity index is 2.21. The highest BCUT2D eigenvalue weighted by atomic mass is 15.2. The van der Waals surface area contributed by atoms with Crippen molar-refractivity contribution < 1.29 is 0 Å². The largest absolute Gasteiger partial charge is 0.311 e. The van der Waals surface area contributed by atoms with E-state index in [4.69, 9.17) is 5.26 Å².